The molecule has 2 aliphatic rings. The van der Waals surface area contributed by atoms with E-state index in [2.05, 4.69) is 17.4 Å². The highest BCUT2D eigenvalue weighted by atomic mass is 32.2. The minimum atomic E-state index is -3.97. The molecule has 0 aromatic heterocycles. The van der Waals surface area contributed by atoms with E-state index in [0.29, 0.717) is 30.0 Å². The van der Waals surface area contributed by atoms with Gasteiger partial charge < -0.3 is 5.32 Å². The van der Waals surface area contributed by atoms with E-state index in [-0.39, 0.29) is 10.6 Å². The van der Waals surface area contributed by atoms with Crippen LogP contribution in [-0.4, -0.2) is 19.9 Å². The Morgan fingerprint density at radius 3 is 2.72 bits per heavy atom. The van der Waals surface area contributed by atoms with E-state index < -0.39 is 14.9 Å². The number of benzene rings is 2. The maximum absolute atomic E-state index is 11.4. The zero-order valence-corrected chi connectivity index (χ0v) is 14.1. The van der Waals surface area contributed by atoms with Crippen molar-refractivity contribution < 1.29 is 13.3 Å². The van der Waals surface area contributed by atoms with Crippen molar-refractivity contribution >= 4 is 21.4 Å². The molecule has 7 nitrogen and oxygen atoms in total. The van der Waals surface area contributed by atoms with Crippen molar-refractivity contribution in [2.45, 2.75) is 17.2 Å². The second-order valence-electron chi connectivity index (χ2n) is 6.62. The molecule has 25 heavy (non-hydrogen) atoms. The smallest absolute Gasteiger partial charge is 0.293 e. The van der Waals surface area contributed by atoms with Crippen LogP contribution in [0.25, 0.3) is 0 Å². The SMILES string of the molecule is NS(=O)(=O)c1ccc(NCC2C3Cc4ccccc4C23)c([N+](=O)[O-])c1. The summed E-state index contributed by atoms with van der Waals surface area (Å²) in [5, 5.41) is 19.4. The van der Waals surface area contributed by atoms with Crippen molar-refractivity contribution in [3.63, 3.8) is 0 Å². The molecule has 8 heteroatoms. The van der Waals surface area contributed by atoms with Crippen molar-refractivity contribution in [3.05, 3.63) is 63.7 Å². The Labute approximate surface area is 145 Å². The number of sulfonamides is 1. The van der Waals surface area contributed by atoms with Crippen LogP contribution in [0.5, 0.6) is 0 Å². The molecule has 0 bridgehead atoms. The summed E-state index contributed by atoms with van der Waals surface area (Å²) < 4.78 is 22.8. The molecule has 1 fully saturated rings. The Kier molecular flexibility index (Phi) is 3.55. The van der Waals surface area contributed by atoms with Crippen LogP contribution < -0.4 is 10.5 Å². The molecule has 0 saturated heterocycles. The third-order valence-corrected chi connectivity index (χ3v) is 6.14. The van der Waals surface area contributed by atoms with E-state index in [1.54, 1.807) is 0 Å². The van der Waals surface area contributed by atoms with Crippen LogP contribution in [0.15, 0.2) is 47.4 Å². The molecule has 2 aromatic rings. The summed E-state index contributed by atoms with van der Waals surface area (Å²) in [6.45, 7) is 0.624. The number of nitrogens with one attached hydrogen (secondary N) is 1. The molecular weight excluding hydrogens is 342 g/mol. The van der Waals surface area contributed by atoms with E-state index >= 15 is 0 Å². The molecule has 130 valence electrons. The average molecular weight is 359 g/mol. The first-order valence-corrected chi connectivity index (χ1v) is 9.54. The molecule has 1 saturated carbocycles. The van der Waals surface area contributed by atoms with Gasteiger partial charge in [0, 0.05) is 12.6 Å². The van der Waals surface area contributed by atoms with Gasteiger partial charge in [0.15, 0.2) is 0 Å². The first-order valence-electron chi connectivity index (χ1n) is 7.99. The van der Waals surface area contributed by atoms with E-state index in [9.17, 15) is 18.5 Å². The molecule has 3 atom stereocenters. The van der Waals surface area contributed by atoms with Crippen molar-refractivity contribution in [1.82, 2.24) is 0 Å². The average Bonchev–Trinajstić information content (AvgIpc) is 3.10. The van der Waals surface area contributed by atoms with Crippen molar-refractivity contribution in [1.29, 1.82) is 0 Å². The number of hydrogen-bond acceptors (Lipinski definition) is 5. The van der Waals surface area contributed by atoms with E-state index in [1.165, 1.54) is 23.3 Å². The molecule has 0 heterocycles. The molecule has 0 aliphatic heterocycles. The Morgan fingerprint density at radius 1 is 1.24 bits per heavy atom. The van der Waals surface area contributed by atoms with Gasteiger partial charge in [0.25, 0.3) is 5.69 Å². The Bertz CT molecular complexity index is 974. The standard InChI is InChI=1S/C17H17N3O4S/c18-25(23,24)11-5-6-15(16(8-11)20(21)22)19-9-14-13-7-10-3-1-2-4-12(10)17(13)14/h1-6,8,13-14,17,19H,7,9H2,(H2,18,23,24). The molecule has 0 radical (unpaired) electrons. The third-order valence-electron chi connectivity index (χ3n) is 5.22. The summed E-state index contributed by atoms with van der Waals surface area (Å²) in [6, 6.07) is 12.1. The number of nitrogens with zero attached hydrogens (tertiary/aromatic N) is 1. The minimum Gasteiger partial charge on any atom is -0.379 e. The number of fused-ring (bicyclic) bond motifs is 3. The molecule has 2 aliphatic carbocycles. The van der Waals surface area contributed by atoms with Crippen LogP contribution in [0.2, 0.25) is 0 Å². The lowest BCUT2D eigenvalue weighted by molar-refractivity contribution is -0.384. The number of anilines is 1. The second-order valence-corrected chi connectivity index (χ2v) is 8.18. The number of nitrogens with two attached hydrogens (primary N) is 1. The number of nitro benzene ring substituents is 1. The highest BCUT2D eigenvalue weighted by Gasteiger charge is 2.54. The maximum atomic E-state index is 11.4. The largest absolute Gasteiger partial charge is 0.379 e. The molecule has 3 N–H and O–H groups in total. The fraction of sp³-hybridized carbons (Fsp3) is 0.294. The fourth-order valence-electron chi connectivity index (χ4n) is 3.98. The molecular formula is C17H17N3O4S. The molecule has 0 spiro atoms. The van der Waals surface area contributed by atoms with Gasteiger partial charge in [-0.25, -0.2) is 13.6 Å². The summed E-state index contributed by atoms with van der Waals surface area (Å²) in [5.41, 5.74) is 2.82. The van der Waals surface area contributed by atoms with Gasteiger partial charge in [0.05, 0.1) is 9.82 Å². The van der Waals surface area contributed by atoms with Gasteiger partial charge in [0.2, 0.25) is 10.0 Å². The van der Waals surface area contributed by atoms with Gasteiger partial charge in [0.1, 0.15) is 5.69 Å². The van der Waals surface area contributed by atoms with E-state index in [0.717, 1.165) is 12.5 Å². The van der Waals surface area contributed by atoms with Crippen LogP contribution in [0.3, 0.4) is 0 Å². The van der Waals surface area contributed by atoms with Gasteiger partial charge in [-0.05, 0) is 47.4 Å². The van der Waals surface area contributed by atoms with Crippen LogP contribution in [0.4, 0.5) is 11.4 Å². The molecule has 3 unspecified atom stereocenters. The Morgan fingerprint density at radius 2 is 2.00 bits per heavy atom. The lowest BCUT2D eigenvalue weighted by Gasteiger charge is -2.10. The first-order chi connectivity index (χ1) is 11.9. The first kappa shape index (κ1) is 16.0. The quantitative estimate of drug-likeness (QED) is 0.627. The van der Waals surface area contributed by atoms with Crippen LogP contribution >= 0.6 is 0 Å². The minimum absolute atomic E-state index is 0.262. The van der Waals surface area contributed by atoms with Crippen molar-refractivity contribution in [2.24, 2.45) is 17.0 Å². The normalized spacial score (nSPS) is 23.6. The third kappa shape index (κ3) is 2.77. The monoisotopic (exact) mass is 359 g/mol. The predicted molar refractivity (Wildman–Crippen MR) is 92.8 cm³/mol. The van der Waals surface area contributed by atoms with E-state index in [1.807, 2.05) is 12.1 Å². The summed E-state index contributed by atoms with van der Waals surface area (Å²) in [7, 11) is -3.97. The van der Waals surface area contributed by atoms with E-state index in [4.69, 9.17) is 5.14 Å². The van der Waals surface area contributed by atoms with Gasteiger partial charge in [-0.2, -0.15) is 0 Å². The van der Waals surface area contributed by atoms with Gasteiger partial charge in [-0.15, -0.1) is 0 Å². The zero-order valence-electron chi connectivity index (χ0n) is 13.3. The Hall–Kier alpha value is -2.45. The van der Waals surface area contributed by atoms with Crippen molar-refractivity contribution in [2.75, 3.05) is 11.9 Å². The summed E-state index contributed by atoms with van der Waals surface area (Å²) >= 11 is 0. The molecule has 2 aromatic carbocycles. The maximum Gasteiger partial charge on any atom is 0.293 e. The number of nitro groups is 1. The fourth-order valence-corrected chi connectivity index (χ4v) is 4.51. The number of rotatable bonds is 5. The zero-order chi connectivity index (χ0) is 17.8. The number of primary sulfonamides is 1. The lowest BCUT2D eigenvalue weighted by Crippen LogP contribution is -2.14. The number of hydrogen-bond donors (Lipinski definition) is 2. The van der Waals surface area contributed by atoms with Crippen LogP contribution in [0, 0.1) is 22.0 Å². The van der Waals surface area contributed by atoms with Crippen LogP contribution in [-0.2, 0) is 16.4 Å². The Balaban J connectivity index is 1.51. The second kappa shape index (κ2) is 5.53. The predicted octanol–water partition coefficient (Wildman–Crippen LogP) is 2.24. The topological polar surface area (TPSA) is 115 Å². The van der Waals surface area contributed by atoms with Crippen molar-refractivity contribution in [3.8, 4) is 0 Å². The lowest BCUT2D eigenvalue weighted by atomic mass is 10.0. The van der Waals surface area contributed by atoms with Gasteiger partial charge in [-0.1, -0.05) is 24.3 Å². The van der Waals surface area contributed by atoms with Gasteiger partial charge >= 0.3 is 0 Å². The van der Waals surface area contributed by atoms with Crippen LogP contribution in [0.1, 0.15) is 17.0 Å². The van der Waals surface area contributed by atoms with Gasteiger partial charge in [-0.3, -0.25) is 10.1 Å². The molecule has 0 amide bonds. The summed E-state index contributed by atoms with van der Waals surface area (Å²) in [5.74, 6) is 1.56. The highest BCUT2D eigenvalue weighted by molar-refractivity contribution is 7.89. The highest BCUT2D eigenvalue weighted by Crippen LogP contribution is 2.61. The summed E-state index contributed by atoms with van der Waals surface area (Å²) in [4.78, 5) is 10.4. The molecule has 4 rings (SSSR count). The summed E-state index contributed by atoms with van der Waals surface area (Å²) in [6.07, 6.45) is 1.06.